The van der Waals surface area contributed by atoms with Crippen LogP contribution in [0.15, 0.2) is 4.99 Å². The monoisotopic (exact) mass is 574 g/mol. The predicted molar refractivity (Wildman–Crippen MR) is 146 cm³/mol. The number of nitrogens with one attached hydrogen (secondary N) is 4. The molecule has 0 unspecified atom stereocenters. The topological polar surface area (TPSA) is 274 Å². The summed E-state index contributed by atoms with van der Waals surface area (Å²) < 4.78 is 5.19. The minimum absolute atomic E-state index is 0.0342. The van der Waals surface area contributed by atoms with E-state index in [0.29, 0.717) is 6.42 Å². The van der Waals surface area contributed by atoms with Gasteiger partial charge in [-0.2, -0.15) is 0 Å². The number of amides is 5. The van der Waals surface area contributed by atoms with E-state index >= 15 is 0 Å². The van der Waals surface area contributed by atoms with Crippen LogP contribution in [0, 0.1) is 5.92 Å². The fourth-order valence-corrected chi connectivity index (χ4v) is 3.33. The van der Waals surface area contributed by atoms with Gasteiger partial charge in [-0.15, -0.1) is 0 Å². The van der Waals surface area contributed by atoms with Gasteiger partial charge in [-0.3, -0.25) is 24.2 Å². The van der Waals surface area contributed by atoms with Gasteiger partial charge in [0.05, 0.1) is 12.7 Å². The van der Waals surface area contributed by atoms with Crippen LogP contribution < -0.4 is 38.5 Å². The molecule has 0 aliphatic rings. The van der Waals surface area contributed by atoms with E-state index in [9.17, 15) is 34.2 Å². The van der Waals surface area contributed by atoms with Crippen molar-refractivity contribution < 1.29 is 38.9 Å². The third-order valence-corrected chi connectivity index (χ3v) is 5.20. The molecule has 0 rings (SSSR count). The normalized spacial score (nSPS) is 15.0. The van der Waals surface area contributed by atoms with Crippen molar-refractivity contribution in [2.45, 2.75) is 96.7 Å². The summed E-state index contributed by atoms with van der Waals surface area (Å²) in [4.78, 5) is 66.4. The van der Waals surface area contributed by atoms with E-state index in [0.717, 1.165) is 0 Å². The molecule has 0 heterocycles. The molecule has 0 spiro atoms. The summed E-state index contributed by atoms with van der Waals surface area (Å²) in [5.41, 5.74) is 15.0. The third-order valence-electron chi connectivity index (χ3n) is 5.20. The average molecular weight is 575 g/mol. The van der Waals surface area contributed by atoms with Crippen LogP contribution in [0.5, 0.6) is 0 Å². The first-order valence-corrected chi connectivity index (χ1v) is 12.9. The number of primary amides is 1. The number of carbonyl (C=O) groups is 5. The predicted octanol–water partition coefficient (Wildman–Crippen LogP) is -2.71. The van der Waals surface area contributed by atoms with Crippen LogP contribution >= 0.6 is 0 Å². The number of aliphatic hydroxyl groups excluding tert-OH is 2. The summed E-state index contributed by atoms with van der Waals surface area (Å²) >= 11 is 0. The third kappa shape index (κ3) is 15.1. The summed E-state index contributed by atoms with van der Waals surface area (Å²) in [7, 11) is 0. The number of hydrogen-bond acceptors (Lipinski definition) is 9. The van der Waals surface area contributed by atoms with Crippen molar-refractivity contribution in [2.24, 2.45) is 28.1 Å². The highest BCUT2D eigenvalue weighted by Crippen LogP contribution is 2.10. The molecular formula is C24H46N8O8. The summed E-state index contributed by atoms with van der Waals surface area (Å²) in [6, 6.07) is -5.35. The van der Waals surface area contributed by atoms with Gasteiger partial charge in [0, 0.05) is 6.54 Å². The zero-order chi connectivity index (χ0) is 31.2. The number of guanidine groups is 1. The molecule has 16 heteroatoms. The molecule has 5 amide bonds. The Balaban J connectivity index is 5.46. The number of carbonyl (C=O) groups excluding carboxylic acids is 5. The number of ether oxygens (including phenoxy) is 1. The maximum absolute atomic E-state index is 12.9. The van der Waals surface area contributed by atoms with Crippen molar-refractivity contribution >= 4 is 35.7 Å². The number of nitrogens with two attached hydrogens (primary N) is 3. The number of hydrogen-bond donors (Lipinski definition) is 9. The number of nitrogens with zero attached hydrogens (tertiary/aromatic N) is 1. The Bertz CT molecular complexity index is 900. The number of aliphatic hydroxyl groups is 2. The average Bonchev–Trinajstić information content (AvgIpc) is 2.79. The second-order valence-electron chi connectivity index (χ2n) is 10.7. The highest BCUT2D eigenvalue weighted by atomic mass is 16.6. The van der Waals surface area contributed by atoms with E-state index in [1.165, 1.54) is 6.92 Å². The summed E-state index contributed by atoms with van der Waals surface area (Å²) in [6.45, 7) is 9.14. The molecule has 0 fully saturated rings. The molecule has 5 atom stereocenters. The molecular weight excluding hydrogens is 528 g/mol. The Morgan fingerprint density at radius 2 is 1.40 bits per heavy atom. The van der Waals surface area contributed by atoms with Crippen molar-refractivity contribution in [1.82, 2.24) is 21.3 Å². The quantitative estimate of drug-likeness (QED) is 0.0522. The summed E-state index contributed by atoms with van der Waals surface area (Å²) in [6.07, 6.45) is -1.70. The first-order valence-electron chi connectivity index (χ1n) is 12.9. The van der Waals surface area contributed by atoms with Gasteiger partial charge in [-0.05, 0) is 52.9 Å². The highest BCUT2D eigenvalue weighted by Gasteiger charge is 2.33. The van der Waals surface area contributed by atoms with Gasteiger partial charge >= 0.3 is 6.09 Å². The Morgan fingerprint density at radius 1 is 0.850 bits per heavy atom. The van der Waals surface area contributed by atoms with Gasteiger partial charge in [0.15, 0.2) is 5.96 Å². The smallest absolute Gasteiger partial charge is 0.408 e. The Kier molecular flexibility index (Phi) is 15.6. The van der Waals surface area contributed by atoms with Crippen molar-refractivity contribution in [3.8, 4) is 0 Å². The van der Waals surface area contributed by atoms with Crippen LogP contribution in [0.4, 0.5) is 4.79 Å². The van der Waals surface area contributed by atoms with Gasteiger partial charge < -0.3 is 53.4 Å². The van der Waals surface area contributed by atoms with Gasteiger partial charge in [0.1, 0.15) is 29.8 Å². The molecule has 0 aliphatic heterocycles. The fourth-order valence-electron chi connectivity index (χ4n) is 3.33. The lowest BCUT2D eigenvalue weighted by atomic mass is 10.0. The molecule has 0 saturated heterocycles. The second-order valence-corrected chi connectivity index (χ2v) is 10.7. The van der Waals surface area contributed by atoms with Crippen LogP contribution in [0.1, 0.15) is 60.8 Å². The SMILES string of the molecule is CC(C)C[C@H](NC(=O)OC(C)(C)C)C(=O)N[C@@H](CO)C(=O)N[C@H](C(=O)N[C@@H](CCCN=C(N)N)C(N)=O)[C@@H](C)O. The lowest BCUT2D eigenvalue weighted by molar-refractivity contribution is -0.136. The van der Waals surface area contributed by atoms with Crippen LogP contribution in [0.2, 0.25) is 0 Å². The van der Waals surface area contributed by atoms with Crippen molar-refractivity contribution in [3.63, 3.8) is 0 Å². The summed E-state index contributed by atoms with van der Waals surface area (Å²) in [5, 5.41) is 29.3. The lowest BCUT2D eigenvalue weighted by Gasteiger charge is -2.27. The van der Waals surface area contributed by atoms with E-state index in [2.05, 4.69) is 26.3 Å². The maximum atomic E-state index is 12.9. The van der Waals surface area contributed by atoms with Crippen molar-refractivity contribution in [3.05, 3.63) is 0 Å². The van der Waals surface area contributed by atoms with E-state index in [1.54, 1.807) is 20.8 Å². The number of alkyl carbamates (subject to hydrolysis) is 1. The van der Waals surface area contributed by atoms with Gasteiger partial charge in [0.25, 0.3) is 0 Å². The van der Waals surface area contributed by atoms with E-state index in [4.69, 9.17) is 21.9 Å². The first-order chi connectivity index (χ1) is 18.4. The Hall–Kier alpha value is -3.66. The highest BCUT2D eigenvalue weighted by molar-refractivity contribution is 5.95. The minimum Gasteiger partial charge on any atom is -0.444 e. The van der Waals surface area contributed by atoms with Crippen molar-refractivity contribution in [1.29, 1.82) is 0 Å². The molecule has 0 radical (unpaired) electrons. The molecule has 0 aromatic carbocycles. The minimum atomic E-state index is -1.57. The lowest BCUT2D eigenvalue weighted by Crippen LogP contribution is -2.61. The van der Waals surface area contributed by atoms with Gasteiger partial charge in [0.2, 0.25) is 23.6 Å². The van der Waals surface area contributed by atoms with Crippen LogP contribution in [0.3, 0.4) is 0 Å². The molecule has 0 aromatic heterocycles. The molecule has 0 aromatic rings. The molecule has 16 nitrogen and oxygen atoms in total. The van der Waals surface area contributed by atoms with E-state index < -0.39 is 72.2 Å². The van der Waals surface area contributed by atoms with Gasteiger partial charge in [-0.25, -0.2) is 4.79 Å². The molecule has 40 heavy (non-hydrogen) atoms. The number of aliphatic imine (C=N–C) groups is 1. The maximum Gasteiger partial charge on any atom is 0.408 e. The standard InChI is InChI=1S/C24H46N8O8/c1-12(2)10-15(31-23(39)40-24(4,5)6)19(36)30-16(11-33)20(37)32-17(13(3)34)21(38)29-14(18(25)35)8-7-9-28-22(26)27/h12-17,33-34H,7-11H2,1-6H3,(H2,25,35)(H,29,38)(H,30,36)(H,31,39)(H,32,37)(H4,26,27,28)/t13-,14+,15+,16+,17+/m1/s1. The van der Waals surface area contributed by atoms with Crippen LogP contribution in [-0.2, 0) is 23.9 Å². The van der Waals surface area contributed by atoms with E-state index in [-0.39, 0.29) is 31.3 Å². The second kappa shape index (κ2) is 17.1. The van der Waals surface area contributed by atoms with E-state index in [1.807, 2.05) is 13.8 Å². The summed E-state index contributed by atoms with van der Waals surface area (Å²) in [5.74, 6) is -3.74. The molecule has 0 aliphatic carbocycles. The first kappa shape index (κ1) is 36.3. The van der Waals surface area contributed by atoms with Gasteiger partial charge in [-0.1, -0.05) is 13.8 Å². The molecule has 0 bridgehead atoms. The molecule has 230 valence electrons. The molecule has 0 saturated carbocycles. The zero-order valence-electron chi connectivity index (χ0n) is 24.0. The van der Waals surface area contributed by atoms with Crippen LogP contribution in [-0.4, -0.2) is 94.9 Å². The van der Waals surface area contributed by atoms with Crippen LogP contribution in [0.25, 0.3) is 0 Å². The van der Waals surface area contributed by atoms with Crippen molar-refractivity contribution in [2.75, 3.05) is 13.2 Å². The largest absolute Gasteiger partial charge is 0.444 e. The number of rotatable bonds is 16. The Morgan fingerprint density at radius 3 is 1.85 bits per heavy atom. The fraction of sp³-hybridized carbons (Fsp3) is 0.750. The molecule has 12 N–H and O–H groups in total. The zero-order valence-corrected chi connectivity index (χ0v) is 24.0. The Labute approximate surface area is 234 Å².